The molecule has 1 heterocycles. The van der Waals surface area contributed by atoms with Crippen LogP contribution in [0.3, 0.4) is 0 Å². The lowest BCUT2D eigenvalue weighted by Crippen LogP contribution is -2.30. The van der Waals surface area contributed by atoms with Crippen LogP contribution in [0.4, 0.5) is 0 Å². The Balaban J connectivity index is 2.54. The first-order valence-corrected chi connectivity index (χ1v) is 5.64. The van der Waals surface area contributed by atoms with Gasteiger partial charge in [-0.3, -0.25) is 4.79 Å². The molecule has 1 aromatic rings. The predicted octanol–water partition coefficient (Wildman–Crippen LogP) is 1.27. The fourth-order valence-electron chi connectivity index (χ4n) is 1.17. The fraction of sp³-hybridized carbons (Fsp3) is 0.400. The molecule has 0 aliphatic rings. The molecule has 5 nitrogen and oxygen atoms in total. The smallest absolute Gasteiger partial charge is 0.263 e. The Kier molecular flexibility index (Phi) is 4.30. The van der Waals surface area contributed by atoms with Crippen LogP contribution in [0.25, 0.3) is 0 Å². The summed E-state index contributed by atoms with van der Waals surface area (Å²) in [4.78, 5) is 15.2. The number of oxime groups is 1. The quantitative estimate of drug-likeness (QED) is 0.360. The van der Waals surface area contributed by atoms with E-state index in [1.54, 1.807) is 11.9 Å². The van der Waals surface area contributed by atoms with Crippen molar-refractivity contribution in [2.24, 2.45) is 10.9 Å². The summed E-state index contributed by atoms with van der Waals surface area (Å²) in [6, 6.07) is 3.72. The molecule has 0 bridgehead atoms. The first-order valence-electron chi connectivity index (χ1n) is 4.83. The van der Waals surface area contributed by atoms with Crippen molar-refractivity contribution >= 4 is 23.1 Å². The second-order valence-electron chi connectivity index (χ2n) is 3.48. The lowest BCUT2D eigenvalue weighted by Gasteiger charge is -2.15. The number of rotatable bonds is 4. The van der Waals surface area contributed by atoms with Crippen molar-refractivity contribution in [1.82, 2.24) is 4.90 Å². The topological polar surface area (TPSA) is 78.9 Å². The summed E-state index contributed by atoms with van der Waals surface area (Å²) in [5, 5.41) is 11.2. The molecule has 1 aromatic heterocycles. The maximum Gasteiger partial charge on any atom is 0.263 e. The highest BCUT2D eigenvalue weighted by molar-refractivity contribution is 7.13. The largest absolute Gasteiger partial charge is 0.409 e. The van der Waals surface area contributed by atoms with Crippen LogP contribution in [-0.4, -0.2) is 35.4 Å². The van der Waals surface area contributed by atoms with E-state index in [0.29, 0.717) is 17.8 Å². The molecule has 1 rings (SSSR count). The number of nitrogens with zero attached hydrogens (tertiary/aromatic N) is 2. The van der Waals surface area contributed by atoms with Crippen LogP contribution >= 0.6 is 11.3 Å². The minimum absolute atomic E-state index is 0.0381. The second-order valence-corrected chi connectivity index (χ2v) is 4.77. The summed E-state index contributed by atoms with van der Waals surface area (Å²) < 4.78 is 0. The Morgan fingerprint density at radius 2 is 2.31 bits per heavy atom. The number of hydrogen-bond donors (Lipinski definition) is 2. The number of amides is 1. The molecule has 16 heavy (non-hydrogen) atoms. The fourth-order valence-corrected chi connectivity index (χ4v) is 2.03. The van der Waals surface area contributed by atoms with Crippen LogP contribution in [-0.2, 0) is 0 Å². The van der Waals surface area contributed by atoms with Gasteiger partial charge in [-0.25, -0.2) is 0 Å². The molecule has 88 valence electrons. The van der Waals surface area contributed by atoms with Crippen LogP contribution < -0.4 is 5.73 Å². The van der Waals surface area contributed by atoms with E-state index in [0.717, 1.165) is 4.88 Å². The zero-order chi connectivity index (χ0) is 12.1. The number of thiophene rings is 1. The number of hydrogen-bond acceptors (Lipinski definition) is 4. The Hall–Kier alpha value is -1.56. The summed E-state index contributed by atoms with van der Waals surface area (Å²) in [6.45, 7) is 2.39. The summed E-state index contributed by atoms with van der Waals surface area (Å²) in [6.07, 6.45) is 0.364. The van der Waals surface area contributed by atoms with Gasteiger partial charge in [-0.15, -0.1) is 11.3 Å². The van der Waals surface area contributed by atoms with Crippen molar-refractivity contribution in [3.63, 3.8) is 0 Å². The van der Waals surface area contributed by atoms with Gasteiger partial charge in [-0.1, -0.05) is 5.16 Å². The van der Waals surface area contributed by atoms with Gasteiger partial charge in [0.1, 0.15) is 5.84 Å². The second kappa shape index (κ2) is 5.50. The third-order valence-corrected chi connectivity index (χ3v) is 3.12. The van der Waals surface area contributed by atoms with E-state index >= 15 is 0 Å². The third kappa shape index (κ3) is 3.23. The molecule has 0 spiro atoms. The first-order chi connectivity index (χ1) is 7.54. The van der Waals surface area contributed by atoms with Gasteiger partial charge < -0.3 is 15.8 Å². The van der Waals surface area contributed by atoms with Gasteiger partial charge in [0.2, 0.25) is 0 Å². The number of carbonyl (C=O) groups is 1. The van der Waals surface area contributed by atoms with Gasteiger partial charge in [-0.2, -0.15) is 0 Å². The van der Waals surface area contributed by atoms with Crippen molar-refractivity contribution in [3.05, 3.63) is 21.9 Å². The normalized spacial score (nSPS) is 11.5. The Labute approximate surface area is 98.2 Å². The molecule has 0 atom stereocenters. The van der Waals surface area contributed by atoms with E-state index < -0.39 is 0 Å². The van der Waals surface area contributed by atoms with Crippen molar-refractivity contribution in [1.29, 1.82) is 0 Å². The van der Waals surface area contributed by atoms with Gasteiger partial charge in [-0.05, 0) is 19.1 Å². The highest BCUT2D eigenvalue weighted by atomic mass is 32.1. The molecule has 0 radical (unpaired) electrons. The molecule has 1 amide bonds. The molecular weight excluding hydrogens is 226 g/mol. The van der Waals surface area contributed by atoms with E-state index in [-0.39, 0.29) is 11.7 Å². The summed E-state index contributed by atoms with van der Waals surface area (Å²) in [5.74, 6) is 0.0887. The summed E-state index contributed by atoms with van der Waals surface area (Å²) in [7, 11) is 1.70. The zero-order valence-electron chi connectivity index (χ0n) is 9.30. The number of nitrogens with two attached hydrogens (primary N) is 1. The first kappa shape index (κ1) is 12.5. The lowest BCUT2D eigenvalue weighted by atomic mass is 10.3. The molecule has 0 aliphatic heterocycles. The lowest BCUT2D eigenvalue weighted by molar-refractivity contribution is 0.0803. The minimum atomic E-state index is -0.0381. The molecule has 0 aromatic carbocycles. The van der Waals surface area contributed by atoms with Crippen LogP contribution in [0.5, 0.6) is 0 Å². The highest BCUT2D eigenvalue weighted by Crippen LogP contribution is 2.16. The molecule has 0 saturated carbocycles. The molecular formula is C10H15N3O2S. The summed E-state index contributed by atoms with van der Waals surface area (Å²) in [5.41, 5.74) is 5.33. The van der Waals surface area contributed by atoms with Gasteiger partial charge >= 0.3 is 0 Å². The maximum absolute atomic E-state index is 11.9. The standard InChI is InChI=1S/C10H15N3O2S/c1-7-3-4-8(16-7)10(14)13(2)6-5-9(11)12-15/h3-4,15H,5-6H2,1-2H3,(H2,11,12). The van der Waals surface area contributed by atoms with Crippen LogP contribution in [0.1, 0.15) is 21.0 Å². The van der Waals surface area contributed by atoms with Crippen molar-refractivity contribution < 1.29 is 10.0 Å². The van der Waals surface area contributed by atoms with E-state index in [9.17, 15) is 4.79 Å². The van der Waals surface area contributed by atoms with Crippen LogP contribution in [0, 0.1) is 6.92 Å². The Morgan fingerprint density at radius 3 is 2.81 bits per heavy atom. The Morgan fingerprint density at radius 1 is 1.62 bits per heavy atom. The zero-order valence-corrected chi connectivity index (χ0v) is 10.1. The SMILES string of the molecule is Cc1ccc(C(=O)N(C)CC/C(N)=N/O)s1. The van der Waals surface area contributed by atoms with Gasteiger partial charge in [0.15, 0.2) is 0 Å². The van der Waals surface area contributed by atoms with Crippen LogP contribution in [0.15, 0.2) is 17.3 Å². The van der Waals surface area contributed by atoms with E-state index in [1.165, 1.54) is 11.3 Å². The molecule has 0 saturated heterocycles. The Bertz CT molecular complexity index is 401. The van der Waals surface area contributed by atoms with E-state index in [4.69, 9.17) is 10.9 Å². The monoisotopic (exact) mass is 241 g/mol. The average Bonchev–Trinajstić information content (AvgIpc) is 2.71. The third-order valence-electron chi connectivity index (χ3n) is 2.13. The van der Waals surface area contributed by atoms with Crippen molar-refractivity contribution in [2.45, 2.75) is 13.3 Å². The predicted molar refractivity (Wildman–Crippen MR) is 64.0 cm³/mol. The van der Waals surface area contributed by atoms with Crippen LogP contribution in [0.2, 0.25) is 0 Å². The van der Waals surface area contributed by atoms with E-state index in [2.05, 4.69) is 5.16 Å². The average molecular weight is 241 g/mol. The number of aryl methyl sites for hydroxylation is 1. The summed E-state index contributed by atoms with van der Waals surface area (Å²) >= 11 is 1.46. The maximum atomic E-state index is 11.9. The number of carbonyl (C=O) groups excluding carboxylic acids is 1. The molecule has 6 heteroatoms. The molecule has 0 fully saturated rings. The number of amidine groups is 1. The minimum Gasteiger partial charge on any atom is -0.409 e. The molecule has 3 N–H and O–H groups in total. The van der Waals surface area contributed by atoms with Crippen molar-refractivity contribution in [3.8, 4) is 0 Å². The van der Waals surface area contributed by atoms with Crippen molar-refractivity contribution in [2.75, 3.05) is 13.6 Å². The highest BCUT2D eigenvalue weighted by Gasteiger charge is 2.13. The van der Waals surface area contributed by atoms with Gasteiger partial charge in [0.25, 0.3) is 5.91 Å². The van der Waals surface area contributed by atoms with Gasteiger partial charge in [0, 0.05) is 24.9 Å². The molecule has 0 aliphatic carbocycles. The van der Waals surface area contributed by atoms with Gasteiger partial charge in [0.05, 0.1) is 4.88 Å². The molecule has 0 unspecified atom stereocenters. The van der Waals surface area contributed by atoms with E-state index in [1.807, 2.05) is 19.1 Å².